The number of β-amino-alcohol motifs (C(OH)–C–C–N with tert-alkyl or cyclic N) is 1. The van der Waals surface area contributed by atoms with Crippen molar-refractivity contribution < 1.29 is 23.1 Å². The van der Waals surface area contributed by atoms with Crippen LogP contribution in [-0.4, -0.2) is 75.5 Å². The van der Waals surface area contributed by atoms with Crippen molar-refractivity contribution in [1.82, 2.24) is 19.0 Å². The molecule has 8 nitrogen and oxygen atoms in total. The minimum absolute atomic E-state index is 0.0795. The summed E-state index contributed by atoms with van der Waals surface area (Å²) in [5.41, 5.74) is -0.304. The molecule has 0 bridgehead atoms. The molecule has 2 fully saturated rings. The van der Waals surface area contributed by atoms with Crippen LogP contribution < -0.4 is 10.6 Å². The van der Waals surface area contributed by atoms with Gasteiger partial charge in [0, 0.05) is 36.2 Å². The SMILES string of the molecule is C[C@H](c1ccc(Cl)cc1Cl)n1c(=O)n(C(=O)C(F)(F)F)c2ncc(N3CC([C@H]4CCCN(CCO)C4)C3)cc21. The van der Waals surface area contributed by atoms with E-state index in [0.717, 1.165) is 43.6 Å². The Morgan fingerprint density at radius 2 is 1.92 bits per heavy atom. The number of benzene rings is 1. The predicted molar refractivity (Wildman–Crippen MR) is 143 cm³/mol. The number of hydrogen-bond acceptors (Lipinski definition) is 6. The summed E-state index contributed by atoms with van der Waals surface area (Å²) in [4.78, 5) is 34.1. The van der Waals surface area contributed by atoms with Crippen LogP contribution in [0.4, 0.5) is 18.9 Å². The minimum Gasteiger partial charge on any atom is -0.395 e. The summed E-state index contributed by atoms with van der Waals surface area (Å²) in [5, 5.41) is 9.88. The molecule has 2 atom stereocenters. The van der Waals surface area contributed by atoms with Crippen molar-refractivity contribution in [1.29, 1.82) is 0 Å². The number of fused-ring (bicyclic) bond motifs is 1. The van der Waals surface area contributed by atoms with E-state index in [9.17, 15) is 27.9 Å². The number of aliphatic hydroxyl groups is 1. The molecule has 0 unspecified atom stereocenters. The number of carbonyl (C=O) groups excluding carboxylic acids is 1. The van der Waals surface area contributed by atoms with E-state index in [2.05, 4.69) is 14.8 Å². The van der Waals surface area contributed by atoms with Crippen molar-refractivity contribution in [2.75, 3.05) is 44.2 Å². The van der Waals surface area contributed by atoms with Crippen molar-refractivity contribution in [2.24, 2.45) is 11.8 Å². The Balaban J connectivity index is 1.50. The Kier molecular flexibility index (Phi) is 7.71. The molecule has 2 aliphatic heterocycles. The lowest BCUT2D eigenvalue weighted by atomic mass is 9.80. The highest BCUT2D eigenvalue weighted by atomic mass is 35.5. The summed E-state index contributed by atoms with van der Waals surface area (Å²) in [6.45, 7) is 5.81. The fourth-order valence-corrected chi connectivity index (χ4v) is 6.33. The second-order valence-electron chi connectivity index (χ2n) is 10.3. The number of halogens is 5. The lowest BCUT2D eigenvalue weighted by molar-refractivity contribution is -0.0946. The first-order valence-electron chi connectivity index (χ1n) is 12.8. The second kappa shape index (κ2) is 10.8. The number of imidazole rings is 1. The molecule has 0 saturated carbocycles. The average molecular weight is 586 g/mol. The molecule has 1 aromatic carbocycles. The van der Waals surface area contributed by atoms with Gasteiger partial charge in [0.15, 0.2) is 5.65 Å². The maximum Gasteiger partial charge on any atom is 0.472 e. The molecule has 13 heteroatoms. The first-order valence-corrected chi connectivity index (χ1v) is 13.5. The molecule has 39 heavy (non-hydrogen) atoms. The number of pyridine rings is 1. The van der Waals surface area contributed by atoms with E-state index in [0.29, 0.717) is 34.7 Å². The fraction of sp³-hybridized carbons (Fsp3) is 0.500. The molecular weight excluding hydrogens is 558 g/mol. The molecule has 0 amide bonds. The van der Waals surface area contributed by atoms with Gasteiger partial charge in [0.05, 0.1) is 30.0 Å². The number of likely N-dealkylation sites (tertiary alicyclic amines) is 1. The zero-order chi connectivity index (χ0) is 28.1. The Morgan fingerprint density at radius 1 is 1.18 bits per heavy atom. The molecule has 3 aromatic rings. The summed E-state index contributed by atoms with van der Waals surface area (Å²) in [5.74, 6) is -1.37. The Hall–Kier alpha value is -2.60. The highest BCUT2D eigenvalue weighted by Crippen LogP contribution is 2.36. The molecule has 0 radical (unpaired) electrons. The number of rotatable bonds is 6. The summed E-state index contributed by atoms with van der Waals surface area (Å²) in [6.07, 6.45) is -1.67. The van der Waals surface area contributed by atoms with E-state index in [4.69, 9.17) is 23.2 Å². The van der Waals surface area contributed by atoms with Crippen molar-refractivity contribution >= 4 is 46.0 Å². The average Bonchev–Trinajstić information content (AvgIpc) is 3.13. The van der Waals surface area contributed by atoms with Gasteiger partial charge < -0.3 is 14.9 Å². The van der Waals surface area contributed by atoms with Gasteiger partial charge in [0.1, 0.15) is 0 Å². The van der Waals surface area contributed by atoms with Crippen molar-refractivity contribution in [3.8, 4) is 0 Å². The molecule has 5 rings (SSSR count). The predicted octanol–water partition coefficient (Wildman–Crippen LogP) is 4.46. The van der Waals surface area contributed by atoms with Crippen LogP contribution in [-0.2, 0) is 0 Å². The maximum absolute atomic E-state index is 13.4. The first kappa shape index (κ1) is 27.9. The van der Waals surface area contributed by atoms with E-state index >= 15 is 0 Å². The Bertz CT molecular complexity index is 1450. The van der Waals surface area contributed by atoms with Gasteiger partial charge in [-0.05, 0) is 61.9 Å². The topological polar surface area (TPSA) is 83.6 Å². The minimum atomic E-state index is -5.26. The zero-order valence-electron chi connectivity index (χ0n) is 21.2. The standard InChI is InChI=1S/C26H28Cl2F3N5O3/c1-15(20-5-4-18(27)9-21(20)28)35-22-10-19(11-32-23(22)36(25(35)39)24(38)26(29,30)31)34-13-17(14-34)16-3-2-6-33(12-16)7-8-37/h4-5,9-11,15-17,37H,2-3,6-8,12-14H2,1H3/t15-,16+/m1/s1. The van der Waals surface area contributed by atoms with Gasteiger partial charge in [0.2, 0.25) is 0 Å². The summed E-state index contributed by atoms with van der Waals surface area (Å²) < 4.78 is 41.5. The van der Waals surface area contributed by atoms with Gasteiger partial charge in [-0.25, -0.2) is 14.3 Å². The van der Waals surface area contributed by atoms with E-state index in [1.54, 1.807) is 25.1 Å². The molecule has 4 heterocycles. The molecule has 2 saturated heterocycles. The van der Waals surface area contributed by atoms with E-state index in [-0.39, 0.29) is 27.4 Å². The number of nitrogens with zero attached hydrogens (tertiary/aromatic N) is 5. The number of anilines is 1. The monoisotopic (exact) mass is 585 g/mol. The van der Waals surface area contributed by atoms with Gasteiger partial charge in [-0.1, -0.05) is 29.3 Å². The van der Waals surface area contributed by atoms with E-state index < -0.39 is 23.8 Å². The van der Waals surface area contributed by atoms with Crippen LogP contribution in [0.2, 0.25) is 10.0 Å². The lowest BCUT2D eigenvalue weighted by Gasteiger charge is -2.47. The quantitative estimate of drug-likeness (QED) is 0.460. The molecule has 0 aliphatic carbocycles. The van der Waals surface area contributed by atoms with Gasteiger partial charge >= 0.3 is 17.8 Å². The highest BCUT2D eigenvalue weighted by molar-refractivity contribution is 6.35. The fourth-order valence-electron chi connectivity index (χ4n) is 5.76. The molecule has 2 aliphatic rings. The molecule has 2 aromatic heterocycles. The Labute approximate surface area is 232 Å². The van der Waals surface area contributed by atoms with Crippen LogP contribution >= 0.6 is 23.2 Å². The summed E-state index contributed by atoms with van der Waals surface area (Å²) in [6, 6.07) is 5.45. The smallest absolute Gasteiger partial charge is 0.395 e. The van der Waals surface area contributed by atoms with Gasteiger partial charge in [-0.3, -0.25) is 9.36 Å². The number of aliphatic hydroxyl groups excluding tert-OH is 1. The zero-order valence-corrected chi connectivity index (χ0v) is 22.7. The van der Waals surface area contributed by atoms with Crippen LogP contribution in [0, 0.1) is 11.8 Å². The number of hydrogen-bond donors (Lipinski definition) is 1. The summed E-state index contributed by atoms with van der Waals surface area (Å²) in [7, 11) is 0. The molecule has 1 N–H and O–H groups in total. The number of piperidine rings is 1. The lowest BCUT2D eigenvalue weighted by Crippen LogP contribution is -2.53. The van der Waals surface area contributed by atoms with Crippen LogP contribution in [0.1, 0.15) is 36.2 Å². The second-order valence-corrected chi connectivity index (χ2v) is 11.1. The molecule has 210 valence electrons. The van der Waals surface area contributed by atoms with Gasteiger partial charge in [0.25, 0.3) is 0 Å². The third-order valence-electron chi connectivity index (χ3n) is 7.85. The molecular formula is C26H28Cl2F3N5O3. The van der Waals surface area contributed by atoms with Crippen LogP contribution in [0.5, 0.6) is 0 Å². The van der Waals surface area contributed by atoms with Crippen LogP contribution in [0.3, 0.4) is 0 Å². The van der Waals surface area contributed by atoms with Crippen LogP contribution in [0.25, 0.3) is 11.2 Å². The number of alkyl halides is 3. The highest BCUT2D eigenvalue weighted by Gasteiger charge is 2.43. The van der Waals surface area contributed by atoms with Gasteiger partial charge in [-0.2, -0.15) is 13.2 Å². The van der Waals surface area contributed by atoms with Gasteiger partial charge in [-0.15, -0.1) is 0 Å². The molecule has 0 spiro atoms. The number of carbonyl (C=O) groups is 1. The Morgan fingerprint density at radius 3 is 2.59 bits per heavy atom. The first-order chi connectivity index (χ1) is 18.5. The summed E-state index contributed by atoms with van der Waals surface area (Å²) >= 11 is 12.4. The van der Waals surface area contributed by atoms with Crippen molar-refractivity contribution in [3.05, 3.63) is 56.6 Å². The number of aromatic nitrogens is 3. The van der Waals surface area contributed by atoms with E-state index in [1.807, 2.05) is 0 Å². The van der Waals surface area contributed by atoms with Crippen molar-refractivity contribution in [2.45, 2.75) is 32.0 Å². The maximum atomic E-state index is 13.4. The van der Waals surface area contributed by atoms with Crippen molar-refractivity contribution in [3.63, 3.8) is 0 Å². The third-order valence-corrected chi connectivity index (χ3v) is 8.41. The normalized spacial score (nSPS) is 19.9. The van der Waals surface area contributed by atoms with Crippen LogP contribution in [0.15, 0.2) is 35.3 Å². The third kappa shape index (κ3) is 5.29. The van der Waals surface area contributed by atoms with E-state index in [1.165, 1.54) is 12.3 Å². The largest absolute Gasteiger partial charge is 0.472 e.